The number of fused-ring (bicyclic) bond motifs is 1. The zero-order chi connectivity index (χ0) is 21.8. The number of ether oxygens (including phenoxy) is 1. The molecule has 0 aliphatic rings. The molecule has 0 unspecified atom stereocenters. The molecule has 1 aromatic carbocycles. The first kappa shape index (κ1) is 20.5. The van der Waals surface area contributed by atoms with Crippen LogP contribution in [0.15, 0.2) is 48.8 Å². The smallest absolute Gasteiger partial charge is 0.287 e. The molecule has 0 saturated carbocycles. The van der Waals surface area contributed by atoms with Gasteiger partial charge in [0, 0.05) is 47.7 Å². The van der Waals surface area contributed by atoms with Crippen LogP contribution in [0.2, 0.25) is 0 Å². The SMILES string of the molecule is CCOCC(=O)c1cc2cc(-c3nc(C(=O)NCc4ccncc4)[nH]c3C)ccc2[nH]1. The number of pyridine rings is 1. The van der Waals surface area contributed by atoms with Gasteiger partial charge >= 0.3 is 0 Å². The van der Waals surface area contributed by atoms with Crippen molar-refractivity contribution in [3.05, 3.63) is 71.6 Å². The van der Waals surface area contributed by atoms with E-state index in [1.807, 2.05) is 50.2 Å². The number of imidazole rings is 1. The van der Waals surface area contributed by atoms with Crippen LogP contribution in [0.4, 0.5) is 0 Å². The number of hydrogen-bond donors (Lipinski definition) is 3. The van der Waals surface area contributed by atoms with Gasteiger partial charge in [-0.2, -0.15) is 0 Å². The zero-order valence-corrected chi connectivity index (χ0v) is 17.4. The third-order valence-electron chi connectivity index (χ3n) is 4.93. The van der Waals surface area contributed by atoms with E-state index in [0.29, 0.717) is 24.5 Å². The molecule has 0 aliphatic heterocycles. The number of rotatable bonds is 8. The number of amides is 1. The zero-order valence-electron chi connectivity index (χ0n) is 17.4. The van der Waals surface area contributed by atoms with Crippen molar-refractivity contribution in [2.75, 3.05) is 13.2 Å². The number of aromatic nitrogens is 4. The summed E-state index contributed by atoms with van der Waals surface area (Å²) in [6.45, 7) is 4.66. The van der Waals surface area contributed by atoms with Crippen molar-refractivity contribution < 1.29 is 14.3 Å². The highest BCUT2D eigenvalue weighted by molar-refractivity contribution is 6.01. The number of ketones is 1. The molecule has 8 heteroatoms. The van der Waals surface area contributed by atoms with Crippen LogP contribution in [0.5, 0.6) is 0 Å². The van der Waals surface area contributed by atoms with E-state index in [1.165, 1.54) is 0 Å². The highest BCUT2D eigenvalue weighted by atomic mass is 16.5. The molecule has 158 valence electrons. The van der Waals surface area contributed by atoms with Crippen LogP contribution >= 0.6 is 0 Å². The number of carbonyl (C=O) groups excluding carboxylic acids is 2. The normalized spacial score (nSPS) is 11.0. The molecule has 1 amide bonds. The summed E-state index contributed by atoms with van der Waals surface area (Å²) in [5.74, 6) is -0.121. The first-order valence-corrected chi connectivity index (χ1v) is 10.0. The summed E-state index contributed by atoms with van der Waals surface area (Å²) in [7, 11) is 0. The average molecular weight is 417 g/mol. The van der Waals surface area contributed by atoms with Gasteiger partial charge in [-0.1, -0.05) is 6.07 Å². The number of benzene rings is 1. The Labute approximate surface area is 179 Å². The van der Waals surface area contributed by atoms with Gasteiger partial charge in [0.05, 0.1) is 11.4 Å². The van der Waals surface area contributed by atoms with Crippen LogP contribution in [0.3, 0.4) is 0 Å². The largest absolute Gasteiger partial charge is 0.374 e. The first-order chi connectivity index (χ1) is 15.0. The van der Waals surface area contributed by atoms with Crippen molar-refractivity contribution in [3.63, 3.8) is 0 Å². The minimum atomic E-state index is -0.280. The van der Waals surface area contributed by atoms with Gasteiger partial charge in [0.25, 0.3) is 5.91 Å². The van der Waals surface area contributed by atoms with Crippen LogP contribution in [0.1, 0.15) is 39.3 Å². The lowest BCUT2D eigenvalue weighted by atomic mass is 10.1. The van der Waals surface area contributed by atoms with E-state index in [-0.39, 0.29) is 24.1 Å². The molecule has 0 fully saturated rings. The van der Waals surface area contributed by atoms with E-state index in [2.05, 4.69) is 25.3 Å². The Kier molecular flexibility index (Phi) is 5.90. The van der Waals surface area contributed by atoms with Crippen LogP contribution in [-0.2, 0) is 11.3 Å². The highest BCUT2D eigenvalue weighted by Crippen LogP contribution is 2.26. The highest BCUT2D eigenvalue weighted by Gasteiger charge is 2.16. The van der Waals surface area contributed by atoms with Crippen LogP contribution in [-0.4, -0.2) is 44.8 Å². The lowest BCUT2D eigenvalue weighted by Crippen LogP contribution is -2.24. The number of aromatic amines is 2. The maximum atomic E-state index is 12.5. The number of Topliss-reactive ketones (excluding diaryl/α,β-unsaturated/α-hetero) is 1. The van der Waals surface area contributed by atoms with Gasteiger partial charge in [-0.3, -0.25) is 14.6 Å². The molecule has 0 atom stereocenters. The molecule has 0 bridgehead atoms. The Balaban J connectivity index is 1.53. The number of aryl methyl sites for hydroxylation is 1. The standard InChI is InChI=1S/C23H23N5O3/c1-3-31-13-20(29)19-11-17-10-16(4-5-18(17)27-19)21-14(2)26-22(28-21)23(30)25-12-15-6-8-24-9-7-15/h4-11,27H,3,12-13H2,1-2H3,(H,25,30)(H,26,28). The molecule has 4 rings (SSSR count). The summed E-state index contributed by atoms with van der Waals surface area (Å²) in [6.07, 6.45) is 3.37. The average Bonchev–Trinajstić information content (AvgIpc) is 3.39. The Hall–Kier alpha value is -3.78. The van der Waals surface area contributed by atoms with Gasteiger partial charge < -0.3 is 20.0 Å². The third-order valence-corrected chi connectivity index (χ3v) is 4.93. The molecule has 0 radical (unpaired) electrons. The Morgan fingerprint density at radius 3 is 2.68 bits per heavy atom. The summed E-state index contributed by atoms with van der Waals surface area (Å²) in [6, 6.07) is 11.3. The van der Waals surface area contributed by atoms with E-state index in [9.17, 15) is 9.59 Å². The summed E-state index contributed by atoms with van der Waals surface area (Å²) in [5.41, 5.74) is 4.66. The van der Waals surface area contributed by atoms with Crippen LogP contribution in [0, 0.1) is 6.92 Å². The number of nitrogens with one attached hydrogen (secondary N) is 3. The Bertz CT molecular complexity index is 1230. The van der Waals surface area contributed by atoms with Gasteiger partial charge in [-0.05, 0) is 49.7 Å². The van der Waals surface area contributed by atoms with E-state index < -0.39 is 0 Å². The number of H-pyrrole nitrogens is 2. The monoisotopic (exact) mass is 417 g/mol. The van der Waals surface area contributed by atoms with Gasteiger partial charge in [-0.25, -0.2) is 4.98 Å². The van der Waals surface area contributed by atoms with Crippen molar-refractivity contribution in [1.29, 1.82) is 0 Å². The lowest BCUT2D eigenvalue weighted by Gasteiger charge is -2.02. The Morgan fingerprint density at radius 2 is 1.90 bits per heavy atom. The minimum Gasteiger partial charge on any atom is -0.374 e. The van der Waals surface area contributed by atoms with E-state index >= 15 is 0 Å². The molecule has 3 heterocycles. The maximum absolute atomic E-state index is 12.5. The number of hydrogen-bond acceptors (Lipinski definition) is 5. The van der Waals surface area contributed by atoms with E-state index in [1.54, 1.807) is 12.4 Å². The quantitative estimate of drug-likeness (QED) is 0.380. The molecule has 31 heavy (non-hydrogen) atoms. The van der Waals surface area contributed by atoms with Gasteiger partial charge in [0.1, 0.15) is 6.61 Å². The first-order valence-electron chi connectivity index (χ1n) is 10.0. The topological polar surface area (TPSA) is 113 Å². The minimum absolute atomic E-state index is 0.0482. The second-order valence-corrected chi connectivity index (χ2v) is 7.14. The van der Waals surface area contributed by atoms with Crippen LogP contribution < -0.4 is 5.32 Å². The second kappa shape index (κ2) is 8.93. The lowest BCUT2D eigenvalue weighted by molar-refractivity contribution is 0.0779. The van der Waals surface area contributed by atoms with Gasteiger partial charge in [0.15, 0.2) is 5.82 Å². The predicted molar refractivity (Wildman–Crippen MR) is 117 cm³/mol. The Morgan fingerprint density at radius 1 is 1.10 bits per heavy atom. The molecule has 3 aromatic heterocycles. The van der Waals surface area contributed by atoms with Crippen molar-refractivity contribution in [2.45, 2.75) is 20.4 Å². The van der Waals surface area contributed by atoms with Crippen molar-refractivity contribution in [2.24, 2.45) is 0 Å². The maximum Gasteiger partial charge on any atom is 0.287 e. The van der Waals surface area contributed by atoms with Crippen molar-refractivity contribution in [3.8, 4) is 11.3 Å². The molecular formula is C23H23N5O3. The summed E-state index contributed by atoms with van der Waals surface area (Å²) < 4.78 is 5.20. The molecule has 4 aromatic rings. The predicted octanol–water partition coefficient (Wildman–Crippen LogP) is 3.41. The third kappa shape index (κ3) is 4.54. The van der Waals surface area contributed by atoms with Crippen molar-refractivity contribution in [1.82, 2.24) is 25.3 Å². The molecule has 0 spiro atoms. The molecule has 3 N–H and O–H groups in total. The summed E-state index contributed by atoms with van der Waals surface area (Å²) in [4.78, 5) is 39.4. The molecule has 0 aliphatic carbocycles. The second-order valence-electron chi connectivity index (χ2n) is 7.14. The van der Waals surface area contributed by atoms with Gasteiger partial charge in [0.2, 0.25) is 5.78 Å². The fourth-order valence-corrected chi connectivity index (χ4v) is 3.32. The summed E-state index contributed by atoms with van der Waals surface area (Å²) in [5, 5.41) is 3.75. The fraction of sp³-hybridized carbons (Fsp3) is 0.217. The molecular weight excluding hydrogens is 394 g/mol. The van der Waals surface area contributed by atoms with Crippen molar-refractivity contribution >= 4 is 22.6 Å². The molecule has 0 saturated heterocycles. The van der Waals surface area contributed by atoms with Crippen LogP contribution in [0.25, 0.3) is 22.2 Å². The number of carbonyl (C=O) groups is 2. The number of nitrogens with zero attached hydrogens (tertiary/aromatic N) is 2. The fourth-order valence-electron chi connectivity index (χ4n) is 3.32. The summed E-state index contributed by atoms with van der Waals surface area (Å²) >= 11 is 0. The van der Waals surface area contributed by atoms with E-state index in [0.717, 1.165) is 27.7 Å². The molecule has 8 nitrogen and oxygen atoms in total. The van der Waals surface area contributed by atoms with Gasteiger partial charge in [-0.15, -0.1) is 0 Å². The van der Waals surface area contributed by atoms with E-state index in [4.69, 9.17) is 4.74 Å².